The number of para-hydroxylation sites is 1. The van der Waals surface area contributed by atoms with Crippen molar-refractivity contribution >= 4 is 16.7 Å². The molecule has 2 aromatic rings. The number of aliphatic hydroxyl groups excluding tert-OH is 1. The highest BCUT2D eigenvalue weighted by molar-refractivity contribution is 5.97. The monoisotopic (exact) mass is 507 g/mol. The lowest BCUT2D eigenvalue weighted by molar-refractivity contribution is -0.280. The van der Waals surface area contributed by atoms with E-state index in [4.69, 9.17) is 14.2 Å². The molecule has 3 heterocycles. The van der Waals surface area contributed by atoms with Crippen molar-refractivity contribution in [2.75, 3.05) is 13.2 Å². The molecule has 5 aliphatic rings. The van der Waals surface area contributed by atoms with Crippen LogP contribution in [-0.4, -0.2) is 63.4 Å². The van der Waals surface area contributed by atoms with Gasteiger partial charge in [-0.25, -0.2) is 0 Å². The van der Waals surface area contributed by atoms with Crippen LogP contribution in [0, 0.1) is 11.3 Å². The molecule has 2 bridgehead atoms. The number of nitrogens with one attached hydrogen (secondary N) is 1. The summed E-state index contributed by atoms with van der Waals surface area (Å²) in [6.45, 7) is 8.60. The molecule has 3 unspecified atom stereocenters. The Hall–Kier alpha value is -2.03. The summed E-state index contributed by atoms with van der Waals surface area (Å²) in [7, 11) is 0. The van der Waals surface area contributed by atoms with Crippen LogP contribution in [0.1, 0.15) is 64.6 Å². The molecule has 1 aromatic heterocycles. The number of H-pyrrole nitrogens is 1. The minimum Gasteiger partial charge on any atom is -0.396 e. The number of carbonyl (C=O) groups excluding carboxylic acids is 1. The summed E-state index contributed by atoms with van der Waals surface area (Å²) >= 11 is 0. The summed E-state index contributed by atoms with van der Waals surface area (Å²) in [4.78, 5) is 17.1. The van der Waals surface area contributed by atoms with Crippen molar-refractivity contribution in [1.82, 2.24) is 4.98 Å². The number of hydrogen-bond donors (Lipinski definition) is 3. The van der Waals surface area contributed by atoms with Crippen LogP contribution in [0.5, 0.6) is 0 Å². The zero-order valence-corrected chi connectivity index (χ0v) is 22.1. The fourth-order valence-corrected chi connectivity index (χ4v) is 8.88. The quantitative estimate of drug-likeness (QED) is 0.546. The molecule has 2 saturated carbocycles. The Morgan fingerprint density at radius 2 is 1.95 bits per heavy atom. The van der Waals surface area contributed by atoms with Crippen molar-refractivity contribution in [3.63, 3.8) is 0 Å². The first kappa shape index (κ1) is 24.0. The molecule has 7 atom stereocenters. The van der Waals surface area contributed by atoms with E-state index >= 15 is 0 Å². The number of benzene rings is 1. The van der Waals surface area contributed by atoms with Gasteiger partial charge in [-0.3, -0.25) is 4.79 Å². The molecule has 1 spiro atoms. The average molecular weight is 508 g/mol. The third-order valence-electron chi connectivity index (χ3n) is 10.9. The summed E-state index contributed by atoms with van der Waals surface area (Å²) in [6.07, 6.45) is 3.63. The SMILES string of the molecule is CC1(C)OC23CCC4(C)[C@@]5(C)c6[nH]c7ccccc7c6C[C@@H]5C[C@H](OCCCO)[C@@]4(O)C2=CC(=O)C1O3. The van der Waals surface area contributed by atoms with Gasteiger partial charge in [0.15, 0.2) is 17.7 Å². The minimum atomic E-state index is -1.49. The fraction of sp³-hybridized carbons (Fsp3) is 0.633. The predicted octanol–water partition coefficient (Wildman–Crippen LogP) is 3.70. The molecule has 3 fully saturated rings. The number of aromatic nitrogens is 1. The summed E-state index contributed by atoms with van der Waals surface area (Å²) in [5, 5.41) is 23.8. The van der Waals surface area contributed by atoms with Crippen molar-refractivity contribution in [2.45, 2.75) is 94.4 Å². The zero-order valence-electron chi connectivity index (χ0n) is 22.1. The largest absolute Gasteiger partial charge is 0.396 e. The lowest BCUT2D eigenvalue weighted by Crippen LogP contribution is -2.74. The van der Waals surface area contributed by atoms with Crippen LogP contribution >= 0.6 is 0 Å². The van der Waals surface area contributed by atoms with E-state index in [2.05, 4.69) is 37.0 Å². The number of hydrogen-bond acceptors (Lipinski definition) is 6. The molecule has 198 valence electrons. The Balaban J connectivity index is 1.43. The number of ketones is 1. The summed E-state index contributed by atoms with van der Waals surface area (Å²) in [5.74, 6) is -1.05. The summed E-state index contributed by atoms with van der Waals surface area (Å²) in [5.41, 5.74) is 0.819. The Labute approximate surface area is 217 Å². The third kappa shape index (κ3) is 2.67. The smallest absolute Gasteiger partial charge is 0.195 e. The maximum atomic E-state index is 13.4. The van der Waals surface area contributed by atoms with Crippen LogP contribution in [0.2, 0.25) is 0 Å². The average Bonchev–Trinajstić information content (AvgIpc) is 3.44. The van der Waals surface area contributed by atoms with Gasteiger partial charge in [-0.1, -0.05) is 32.0 Å². The van der Waals surface area contributed by atoms with Gasteiger partial charge in [0.25, 0.3) is 0 Å². The van der Waals surface area contributed by atoms with Gasteiger partial charge in [0, 0.05) is 52.6 Å². The third-order valence-corrected chi connectivity index (χ3v) is 10.9. The van der Waals surface area contributed by atoms with Gasteiger partial charge in [0.05, 0.1) is 6.10 Å². The van der Waals surface area contributed by atoms with Gasteiger partial charge < -0.3 is 29.4 Å². The van der Waals surface area contributed by atoms with Crippen molar-refractivity contribution in [2.24, 2.45) is 11.3 Å². The molecule has 7 nitrogen and oxygen atoms in total. The highest BCUT2D eigenvalue weighted by atomic mass is 16.8. The maximum absolute atomic E-state index is 13.4. The fourth-order valence-electron chi connectivity index (χ4n) is 8.88. The second-order valence-corrected chi connectivity index (χ2v) is 12.8. The normalized spacial score (nSPS) is 43.2. The van der Waals surface area contributed by atoms with Gasteiger partial charge in [-0.2, -0.15) is 0 Å². The maximum Gasteiger partial charge on any atom is 0.195 e. The van der Waals surface area contributed by atoms with Crippen molar-refractivity contribution in [3.05, 3.63) is 47.2 Å². The molecule has 0 amide bonds. The molecule has 7 rings (SSSR count). The van der Waals surface area contributed by atoms with Crippen LogP contribution in [0.15, 0.2) is 35.9 Å². The van der Waals surface area contributed by atoms with E-state index in [0.717, 1.165) is 11.9 Å². The van der Waals surface area contributed by atoms with Gasteiger partial charge in [-0.15, -0.1) is 0 Å². The van der Waals surface area contributed by atoms with Crippen LogP contribution in [0.3, 0.4) is 0 Å². The van der Waals surface area contributed by atoms with E-state index in [-0.39, 0.29) is 23.7 Å². The van der Waals surface area contributed by atoms with Crippen LogP contribution in [-0.2, 0) is 30.8 Å². The molecule has 3 N–H and O–H groups in total. The number of ether oxygens (including phenoxy) is 3. The Bertz CT molecular complexity index is 1340. The van der Waals surface area contributed by atoms with Crippen LogP contribution < -0.4 is 0 Å². The molecular formula is C30H37NO6. The second kappa shape index (κ2) is 7.33. The summed E-state index contributed by atoms with van der Waals surface area (Å²) < 4.78 is 19.4. The molecule has 2 aliphatic heterocycles. The lowest BCUT2D eigenvalue weighted by atomic mass is 9.41. The molecule has 37 heavy (non-hydrogen) atoms. The lowest BCUT2D eigenvalue weighted by Gasteiger charge is -2.67. The number of aromatic amines is 1. The Kier molecular flexibility index (Phi) is 4.76. The van der Waals surface area contributed by atoms with E-state index in [1.807, 2.05) is 19.9 Å². The van der Waals surface area contributed by atoms with Gasteiger partial charge >= 0.3 is 0 Å². The van der Waals surface area contributed by atoms with Crippen molar-refractivity contribution in [3.8, 4) is 0 Å². The van der Waals surface area contributed by atoms with E-state index in [0.29, 0.717) is 37.9 Å². The molecule has 0 radical (unpaired) electrons. The number of fused-ring (bicyclic) bond motifs is 9. The van der Waals surface area contributed by atoms with Crippen LogP contribution in [0.25, 0.3) is 10.9 Å². The minimum absolute atomic E-state index is 0.0212. The first-order chi connectivity index (χ1) is 17.5. The summed E-state index contributed by atoms with van der Waals surface area (Å²) in [6, 6.07) is 8.42. The molecule has 7 heteroatoms. The van der Waals surface area contributed by atoms with Crippen molar-refractivity contribution < 1.29 is 29.2 Å². The van der Waals surface area contributed by atoms with E-state index < -0.39 is 34.6 Å². The molecule has 1 aromatic carbocycles. The topological polar surface area (TPSA) is 101 Å². The van der Waals surface area contributed by atoms with E-state index in [1.165, 1.54) is 16.6 Å². The number of carbonyl (C=O) groups is 1. The van der Waals surface area contributed by atoms with E-state index in [1.54, 1.807) is 6.08 Å². The van der Waals surface area contributed by atoms with Crippen molar-refractivity contribution in [1.29, 1.82) is 0 Å². The second-order valence-electron chi connectivity index (χ2n) is 12.8. The van der Waals surface area contributed by atoms with Gasteiger partial charge in [-0.05, 0) is 63.2 Å². The molecule has 3 aliphatic carbocycles. The zero-order chi connectivity index (χ0) is 26.0. The molecule has 1 saturated heterocycles. The van der Waals surface area contributed by atoms with Gasteiger partial charge in [0.2, 0.25) is 0 Å². The van der Waals surface area contributed by atoms with Gasteiger partial charge in [0.1, 0.15) is 11.2 Å². The Morgan fingerprint density at radius 3 is 2.73 bits per heavy atom. The number of aliphatic hydroxyl groups is 2. The highest BCUT2D eigenvalue weighted by Gasteiger charge is 2.78. The van der Waals surface area contributed by atoms with E-state index in [9.17, 15) is 15.0 Å². The van der Waals surface area contributed by atoms with Crippen LogP contribution in [0.4, 0.5) is 0 Å². The first-order valence-corrected chi connectivity index (χ1v) is 13.7. The Morgan fingerprint density at radius 1 is 1.16 bits per heavy atom. The predicted molar refractivity (Wildman–Crippen MR) is 137 cm³/mol. The first-order valence-electron chi connectivity index (χ1n) is 13.7. The molecular weight excluding hydrogens is 470 g/mol. The standard InChI is InChI=1S/C30H37NO6/c1-26(2)25-21(33)16-22-29(36-25,37-26)11-10-27(3)28(4)17(15-23(30(22,27)34)35-13-7-12-32)14-19-18-8-5-6-9-20(18)31-24(19)28/h5-6,8-9,16-17,23,25,31-32,34H,7,10-15H2,1-4H3/t17-,23+,25?,27?,28-,29?,30+/m1/s1. The highest BCUT2D eigenvalue weighted by Crippen LogP contribution is 2.72. The number of rotatable bonds is 4.